The largest absolute Gasteiger partial charge is 0.339 e. The molecule has 0 heterocycles. The first-order valence-corrected chi connectivity index (χ1v) is 7.38. The zero-order valence-electron chi connectivity index (χ0n) is 12.0. The summed E-state index contributed by atoms with van der Waals surface area (Å²) < 4.78 is 13.5. The smallest absolute Gasteiger partial charge is 0.246 e. The predicted octanol–water partition coefficient (Wildman–Crippen LogP) is 4.02. The molecule has 0 spiro atoms. The lowest BCUT2D eigenvalue weighted by atomic mass is 10.1. The number of hydrogen-bond acceptors (Lipinski definition) is 1. The van der Waals surface area contributed by atoms with Crippen molar-refractivity contribution in [3.05, 3.63) is 41.7 Å². The molecule has 0 aromatic heterocycles. The molecule has 1 aliphatic rings. The molecule has 0 unspecified atom stereocenters. The van der Waals surface area contributed by atoms with Gasteiger partial charge in [-0.1, -0.05) is 43.9 Å². The average molecular weight is 275 g/mol. The first-order chi connectivity index (χ1) is 9.68. The van der Waals surface area contributed by atoms with E-state index in [-0.39, 0.29) is 11.7 Å². The Hall–Kier alpha value is -1.64. The molecule has 0 N–H and O–H groups in total. The molecule has 3 heteroatoms. The van der Waals surface area contributed by atoms with Crippen LogP contribution in [0.4, 0.5) is 4.39 Å². The highest BCUT2D eigenvalue weighted by Crippen LogP contribution is 2.21. The zero-order chi connectivity index (χ0) is 14.4. The first kappa shape index (κ1) is 14.8. The predicted molar refractivity (Wildman–Crippen MR) is 79.7 cm³/mol. The van der Waals surface area contributed by atoms with E-state index in [9.17, 15) is 9.18 Å². The molecule has 20 heavy (non-hydrogen) atoms. The van der Waals surface area contributed by atoms with Crippen LogP contribution in [0, 0.1) is 5.82 Å². The van der Waals surface area contributed by atoms with Gasteiger partial charge in [-0.05, 0) is 25.0 Å². The van der Waals surface area contributed by atoms with Gasteiger partial charge in [0.2, 0.25) is 5.91 Å². The topological polar surface area (TPSA) is 20.3 Å². The van der Waals surface area contributed by atoms with Crippen molar-refractivity contribution in [1.29, 1.82) is 0 Å². The Labute approximate surface area is 120 Å². The van der Waals surface area contributed by atoms with E-state index in [1.165, 1.54) is 37.8 Å². The third-order valence-corrected chi connectivity index (χ3v) is 4.03. The van der Waals surface area contributed by atoms with Crippen LogP contribution < -0.4 is 0 Å². The van der Waals surface area contributed by atoms with Crippen molar-refractivity contribution >= 4 is 12.0 Å². The second-order valence-electron chi connectivity index (χ2n) is 5.45. The molecule has 2 rings (SSSR count). The standard InChI is InChI=1S/C17H22FNO/c1-19(15-9-4-2-3-5-10-15)17(20)13-12-14-8-6-7-11-16(14)18/h6-8,11-13,15H,2-5,9-10H2,1H3/b13-12+. The fraction of sp³-hybridized carbons (Fsp3) is 0.471. The van der Waals surface area contributed by atoms with E-state index in [0.717, 1.165) is 12.8 Å². The van der Waals surface area contributed by atoms with Gasteiger partial charge in [0.15, 0.2) is 0 Å². The van der Waals surface area contributed by atoms with Crippen LogP contribution in [0.15, 0.2) is 30.3 Å². The number of likely N-dealkylation sites (N-methyl/N-ethyl adjacent to an activating group) is 1. The van der Waals surface area contributed by atoms with Crippen molar-refractivity contribution in [1.82, 2.24) is 4.90 Å². The van der Waals surface area contributed by atoms with E-state index in [4.69, 9.17) is 0 Å². The molecule has 1 saturated carbocycles. The van der Waals surface area contributed by atoms with Crippen LogP contribution in [-0.2, 0) is 4.79 Å². The molecule has 0 atom stereocenters. The molecular formula is C17H22FNO. The summed E-state index contributed by atoms with van der Waals surface area (Å²) in [6, 6.07) is 6.81. The third kappa shape index (κ3) is 3.92. The maximum atomic E-state index is 13.5. The molecule has 0 aliphatic heterocycles. The Morgan fingerprint density at radius 1 is 1.20 bits per heavy atom. The van der Waals surface area contributed by atoms with Gasteiger partial charge < -0.3 is 4.90 Å². The number of nitrogens with zero attached hydrogens (tertiary/aromatic N) is 1. The summed E-state index contributed by atoms with van der Waals surface area (Å²) in [5, 5.41) is 0. The molecule has 1 fully saturated rings. The van der Waals surface area contributed by atoms with Gasteiger partial charge in [0, 0.05) is 24.7 Å². The second kappa shape index (κ2) is 7.22. The van der Waals surface area contributed by atoms with E-state index in [0.29, 0.717) is 11.6 Å². The molecule has 0 bridgehead atoms. The molecule has 2 nitrogen and oxygen atoms in total. The zero-order valence-corrected chi connectivity index (χ0v) is 12.0. The summed E-state index contributed by atoms with van der Waals surface area (Å²) in [6.45, 7) is 0. The van der Waals surface area contributed by atoms with Crippen molar-refractivity contribution in [2.24, 2.45) is 0 Å². The minimum absolute atomic E-state index is 0.0415. The number of benzene rings is 1. The van der Waals surface area contributed by atoms with Crippen LogP contribution >= 0.6 is 0 Å². The van der Waals surface area contributed by atoms with Gasteiger partial charge in [0.25, 0.3) is 0 Å². The fourth-order valence-electron chi connectivity index (χ4n) is 2.71. The summed E-state index contributed by atoms with van der Waals surface area (Å²) in [7, 11) is 1.85. The van der Waals surface area contributed by atoms with Gasteiger partial charge in [-0.25, -0.2) is 4.39 Å². The minimum Gasteiger partial charge on any atom is -0.339 e. The van der Waals surface area contributed by atoms with Crippen molar-refractivity contribution in [2.75, 3.05) is 7.05 Å². The molecule has 0 saturated heterocycles. The minimum atomic E-state index is -0.298. The lowest BCUT2D eigenvalue weighted by Crippen LogP contribution is -2.35. The lowest BCUT2D eigenvalue weighted by molar-refractivity contribution is -0.126. The van der Waals surface area contributed by atoms with Gasteiger partial charge in [-0.15, -0.1) is 0 Å². The van der Waals surface area contributed by atoms with Crippen LogP contribution in [0.25, 0.3) is 6.08 Å². The van der Waals surface area contributed by atoms with Gasteiger partial charge >= 0.3 is 0 Å². The number of amides is 1. The van der Waals surface area contributed by atoms with Gasteiger partial charge in [0.1, 0.15) is 5.82 Å². The molecule has 108 valence electrons. The van der Waals surface area contributed by atoms with Crippen LogP contribution in [0.1, 0.15) is 44.1 Å². The third-order valence-electron chi connectivity index (χ3n) is 4.03. The maximum absolute atomic E-state index is 13.5. The summed E-state index contributed by atoms with van der Waals surface area (Å²) in [4.78, 5) is 14.0. The fourth-order valence-corrected chi connectivity index (χ4v) is 2.71. The number of hydrogen-bond donors (Lipinski definition) is 0. The van der Waals surface area contributed by atoms with Crippen LogP contribution in [0.5, 0.6) is 0 Å². The van der Waals surface area contributed by atoms with E-state index < -0.39 is 0 Å². The van der Waals surface area contributed by atoms with Gasteiger partial charge in [-0.2, -0.15) is 0 Å². The van der Waals surface area contributed by atoms with Crippen molar-refractivity contribution in [2.45, 2.75) is 44.6 Å². The molecule has 1 aromatic carbocycles. The highest BCUT2D eigenvalue weighted by molar-refractivity contribution is 5.91. The normalized spacial score (nSPS) is 17.1. The highest BCUT2D eigenvalue weighted by atomic mass is 19.1. The summed E-state index contributed by atoms with van der Waals surface area (Å²) >= 11 is 0. The Kier molecular flexibility index (Phi) is 5.33. The Morgan fingerprint density at radius 2 is 1.85 bits per heavy atom. The monoisotopic (exact) mass is 275 g/mol. The van der Waals surface area contributed by atoms with E-state index in [1.807, 2.05) is 11.9 Å². The molecule has 1 aromatic rings. The Morgan fingerprint density at radius 3 is 2.50 bits per heavy atom. The Balaban J connectivity index is 1.98. The van der Waals surface area contributed by atoms with Crippen molar-refractivity contribution < 1.29 is 9.18 Å². The number of rotatable bonds is 3. The van der Waals surface area contributed by atoms with Crippen LogP contribution in [-0.4, -0.2) is 23.9 Å². The van der Waals surface area contributed by atoms with Crippen LogP contribution in [0.2, 0.25) is 0 Å². The first-order valence-electron chi connectivity index (χ1n) is 7.38. The number of carbonyl (C=O) groups is 1. The summed E-state index contributed by atoms with van der Waals surface area (Å²) in [5.74, 6) is -0.339. The summed E-state index contributed by atoms with van der Waals surface area (Å²) in [5.41, 5.74) is 0.454. The average Bonchev–Trinajstić information content (AvgIpc) is 2.74. The van der Waals surface area contributed by atoms with E-state index >= 15 is 0 Å². The summed E-state index contributed by atoms with van der Waals surface area (Å²) in [6.07, 6.45) is 10.1. The lowest BCUT2D eigenvalue weighted by Gasteiger charge is -2.26. The number of carbonyl (C=O) groups excluding carboxylic acids is 1. The van der Waals surface area contributed by atoms with Gasteiger partial charge in [0.05, 0.1) is 0 Å². The maximum Gasteiger partial charge on any atom is 0.246 e. The second-order valence-corrected chi connectivity index (χ2v) is 5.45. The number of halogens is 1. The molecular weight excluding hydrogens is 253 g/mol. The Bertz CT molecular complexity index is 476. The highest BCUT2D eigenvalue weighted by Gasteiger charge is 2.19. The molecule has 1 amide bonds. The van der Waals surface area contributed by atoms with Crippen LogP contribution in [0.3, 0.4) is 0 Å². The van der Waals surface area contributed by atoms with E-state index in [2.05, 4.69) is 0 Å². The molecule has 0 radical (unpaired) electrons. The SMILES string of the molecule is CN(C(=O)/C=C/c1ccccc1F)C1CCCCCC1. The van der Waals surface area contributed by atoms with Gasteiger partial charge in [-0.3, -0.25) is 4.79 Å². The van der Waals surface area contributed by atoms with Crippen molar-refractivity contribution in [3.8, 4) is 0 Å². The quantitative estimate of drug-likeness (QED) is 0.602. The van der Waals surface area contributed by atoms with E-state index in [1.54, 1.807) is 24.3 Å². The molecule has 1 aliphatic carbocycles. The van der Waals surface area contributed by atoms with Crippen molar-refractivity contribution in [3.63, 3.8) is 0 Å².